The molecule has 4 aromatic heterocycles. The van der Waals surface area contributed by atoms with Crippen molar-refractivity contribution in [2.24, 2.45) is 0 Å². The van der Waals surface area contributed by atoms with Gasteiger partial charge in [0.05, 0.1) is 10.9 Å². The van der Waals surface area contributed by atoms with Gasteiger partial charge in [-0.2, -0.15) is 0 Å². The van der Waals surface area contributed by atoms with Gasteiger partial charge in [0.25, 0.3) is 5.56 Å². The second kappa shape index (κ2) is 6.81. The Morgan fingerprint density at radius 3 is 2.77 bits per heavy atom. The SMILES string of the molecule is C[C@H](OC(=O)c1ccncc1)c1nc2scc(-c3cccs3)c2c(=O)[nH]1. The van der Waals surface area contributed by atoms with E-state index in [0.717, 1.165) is 10.4 Å². The highest BCUT2D eigenvalue weighted by Crippen LogP contribution is 2.33. The predicted molar refractivity (Wildman–Crippen MR) is 102 cm³/mol. The lowest BCUT2D eigenvalue weighted by Crippen LogP contribution is -2.17. The van der Waals surface area contributed by atoms with Crippen molar-refractivity contribution in [2.75, 3.05) is 0 Å². The molecule has 0 spiro atoms. The molecule has 130 valence electrons. The first-order chi connectivity index (χ1) is 12.6. The van der Waals surface area contributed by atoms with Crippen LogP contribution in [-0.2, 0) is 4.74 Å². The molecule has 0 unspecified atom stereocenters. The van der Waals surface area contributed by atoms with E-state index in [-0.39, 0.29) is 5.56 Å². The number of carbonyl (C=O) groups excluding carboxylic acids is 1. The maximum absolute atomic E-state index is 12.6. The van der Waals surface area contributed by atoms with Gasteiger partial charge in [0.2, 0.25) is 0 Å². The summed E-state index contributed by atoms with van der Waals surface area (Å²) in [5.74, 6) is -0.169. The fraction of sp³-hybridized carbons (Fsp3) is 0.111. The van der Waals surface area contributed by atoms with E-state index in [9.17, 15) is 9.59 Å². The summed E-state index contributed by atoms with van der Waals surface area (Å²) in [6.07, 6.45) is 2.36. The predicted octanol–water partition coefficient (Wildman–Crippen LogP) is 4.03. The highest BCUT2D eigenvalue weighted by Gasteiger charge is 2.19. The number of nitrogens with one attached hydrogen (secondary N) is 1. The number of aromatic nitrogens is 3. The summed E-state index contributed by atoms with van der Waals surface area (Å²) in [5, 5.41) is 4.46. The first-order valence-corrected chi connectivity index (χ1v) is 9.55. The molecule has 6 nitrogen and oxygen atoms in total. The fourth-order valence-corrected chi connectivity index (χ4v) is 4.31. The van der Waals surface area contributed by atoms with Gasteiger partial charge >= 0.3 is 5.97 Å². The van der Waals surface area contributed by atoms with E-state index < -0.39 is 12.1 Å². The maximum atomic E-state index is 12.6. The van der Waals surface area contributed by atoms with Crippen molar-refractivity contribution in [1.29, 1.82) is 0 Å². The third-order valence-electron chi connectivity index (χ3n) is 3.83. The molecule has 26 heavy (non-hydrogen) atoms. The number of hydrogen-bond donors (Lipinski definition) is 1. The van der Waals surface area contributed by atoms with Gasteiger partial charge in [0.15, 0.2) is 11.9 Å². The third-order valence-corrected chi connectivity index (χ3v) is 5.61. The summed E-state index contributed by atoms with van der Waals surface area (Å²) in [5.41, 5.74) is 1.04. The van der Waals surface area contributed by atoms with Gasteiger partial charge in [-0.05, 0) is 30.5 Å². The van der Waals surface area contributed by atoms with Crippen LogP contribution < -0.4 is 5.56 Å². The summed E-state index contributed by atoms with van der Waals surface area (Å²) in [4.78, 5) is 37.5. The lowest BCUT2D eigenvalue weighted by Gasteiger charge is -2.12. The van der Waals surface area contributed by atoms with E-state index in [4.69, 9.17) is 4.74 Å². The summed E-state index contributed by atoms with van der Waals surface area (Å²) in [6.45, 7) is 1.68. The Morgan fingerprint density at radius 1 is 1.23 bits per heavy atom. The summed E-state index contributed by atoms with van der Waals surface area (Å²) in [6, 6.07) is 7.06. The maximum Gasteiger partial charge on any atom is 0.338 e. The number of H-pyrrole nitrogens is 1. The Bertz CT molecular complexity index is 1120. The Morgan fingerprint density at radius 2 is 2.04 bits per heavy atom. The van der Waals surface area contributed by atoms with Gasteiger partial charge in [-0.1, -0.05) is 6.07 Å². The molecule has 0 bridgehead atoms. The van der Waals surface area contributed by atoms with E-state index in [1.54, 1.807) is 30.4 Å². The Hall–Kier alpha value is -2.84. The molecule has 0 aliphatic heterocycles. The van der Waals surface area contributed by atoms with Gasteiger partial charge in [-0.3, -0.25) is 9.78 Å². The van der Waals surface area contributed by atoms with Crippen LogP contribution in [0.1, 0.15) is 29.2 Å². The summed E-state index contributed by atoms with van der Waals surface area (Å²) < 4.78 is 5.41. The normalized spacial score (nSPS) is 12.2. The van der Waals surface area contributed by atoms with Crippen molar-refractivity contribution in [3.63, 3.8) is 0 Å². The van der Waals surface area contributed by atoms with Crippen molar-refractivity contribution in [3.05, 3.63) is 69.2 Å². The molecule has 0 aliphatic rings. The van der Waals surface area contributed by atoms with Crippen molar-refractivity contribution in [2.45, 2.75) is 13.0 Å². The quantitative estimate of drug-likeness (QED) is 0.538. The van der Waals surface area contributed by atoms with Crippen molar-refractivity contribution < 1.29 is 9.53 Å². The van der Waals surface area contributed by atoms with Crippen LogP contribution >= 0.6 is 22.7 Å². The number of hydrogen-bond acceptors (Lipinski definition) is 7. The Labute approximate surface area is 156 Å². The van der Waals surface area contributed by atoms with Crippen LogP contribution in [0.5, 0.6) is 0 Å². The molecule has 0 fully saturated rings. The summed E-state index contributed by atoms with van der Waals surface area (Å²) >= 11 is 2.97. The van der Waals surface area contributed by atoms with E-state index in [0.29, 0.717) is 21.6 Å². The van der Waals surface area contributed by atoms with Gasteiger partial charge in [-0.15, -0.1) is 22.7 Å². The van der Waals surface area contributed by atoms with Gasteiger partial charge < -0.3 is 9.72 Å². The van der Waals surface area contributed by atoms with Crippen LogP contribution in [0.4, 0.5) is 0 Å². The first-order valence-electron chi connectivity index (χ1n) is 7.80. The second-order valence-electron chi connectivity index (χ2n) is 5.54. The standard InChI is InChI=1S/C18H13N3O3S2/c1-10(24-18(23)11-4-6-19-7-5-11)15-20-16(22)14-12(9-26-17(14)21-15)13-3-2-8-25-13/h2-10H,1H3,(H,20,21,22)/t10-/m0/s1. The third kappa shape index (κ3) is 3.04. The zero-order chi connectivity index (χ0) is 18.1. The van der Waals surface area contributed by atoms with Crippen molar-refractivity contribution in [3.8, 4) is 10.4 Å². The van der Waals surface area contributed by atoms with Crippen molar-refractivity contribution >= 4 is 38.9 Å². The molecule has 0 aliphatic carbocycles. The van der Waals surface area contributed by atoms with E-state index in [1.807, 2.05) is 22.9 Å². The average molecular weight is 383 g/mol. The van der Waals surface area contributed by atoms with Gasteiger partial charge in [0.1, 0.15) is 4.83 Å². The fourth-order valence-electron chi connectivity index (χ4n) is 2.54. The largest absolute Gasteiger partial charge is 0.451 e. The Kier molecular flexibility index (Phi) is 4.36. The van der Waals surface area contributed by atoms with Crippen LogP contribution in [0.2, 0.25) is 0 Å². The number of pyridine rings is 1. The van der Waals surface area contributed by atoms with Gasteiger partial charge in [-0.25, -0.2) is 9.78 Å². The number of thiophene rings is 2. The molecule has 0 aromatic carbocycles. The zero-order valence-corrected chi connectivity index (χ0v) is 15.3. The monoisotopic (exact) mass is 383 g/mol. The molecule has 0 saturated carbocycles. The van der Waals surface area contributed by atoms with E-state index in [2.05, 4.69) is 15.0 Å². The lowest BCUT2D eigenvalue weighted by molar-refractivity contribution is 0.0320. The second-order valence-corrected chi connectivity index (χ2v) is 7.35. The van der Waals surface area contributed by atoms with Crippen LogP contribution in [0.25, 0.3) is 20.7 Å². The number of carbonyl (C=O) groups is 1. The molecular formula is C18H13N3O3S2. The highest BCUT2D eigenvalue weighted by atomic mass is 32.1. The minimum absolute atomic E-state index is 0.235. The van der Waals surface area contributed by atoms with E-state index in [1.165, 1.54) is 23.7 Å². The smallest absolute Gasteiger partial charge is 0.338 e. The van der Waals surface area contributed by atoms with Crippen molar-refractivity contribution in [1.82, 2.24) is 15.0 Å². The first kappa shape index (κ1) is 16.6. The summed E-state index contributed by atoms with van der Waals surface area (Å²) in [7, 11) is 0. The molecule has 0 amide bonds. The van der Waals surface area contributed by atoms with Crippen LogP contribution in [0.15, 0.2) is 52.2 Å². The van der Waals surface area contributed by atoms with Crippen LogP contribution in [0, 0.1) is 0 Å². The highest BCUT2D eigenvalue weighted by molar-refractivity contribution is 7.18. The minimum Gasteiger partial charge on any atom is -0.451 e. The number of nitrogens with zero attached hydrogens (tertiary/aromatic N) is 2. The van der Waals surface area contributed by atoms with Crippen LogP contribution in [0.3, 0.4) is 0 Å². The molecule has 4 rings (SSSR count). The molecule has 0 saturated heterocycles. The number of esters is 1. The van der Waals surface area contributed by atoms with E-state index >= 15 is 0 Å². The molecule has 8 heteroatoms. The average Bonchev–Trinajstić information content (AvgIpc) is 3.31. The zero-order valence-electron chi connectivity index (χ0n) is 13.6. The molecule has 0 radical (unpaired) electrons. The molecule has 1 N–H and O–H groups in total. The number of rotatable bonds is 4. The molecular weight excluding hydrogens is 370 g/mol. The number of aromatic amines is 1. The van der Waals surface area contributed by atoms with Crippen LogP contribution in [-0.4, -0.2) is 20.9 Å². The lowest BCUT2D eigenvalue weighted by atomic mass is 10.2. The molecule has 4 heterocycles. The topological polar surface area (TPSA) is 84.9 Å². The van der Waals surface area contributed by atoms with Gasteiger partial charge in [0, 0.05) is 28.2 Å². The minimum atomic E-state index is -0.681. The molecule has 1 atom stereocenters. The molecule has 4 aromatic rings. The number of fused-ring (bicyclic) bond motifs is 1. The Balaban J connectivity index is 1.65. The number of ether oxygens (including phenoxy) is 1.